The highest BCUT2D eigenvalue weighted by Crippen LogP contribution is 2.41. The van der Waals surface area contributed by atoms with Crippen molar-refractivity contribution in [2.24, 2.45) is 5.73 Å². The predicted molar refractivity (Wildman–Crippen MR) is 76.2 cm³/mol. The molecule has 1 atom stereocenters. The van der Waals surface area contributed by atoms with Crippen LogP contribution in [0.15, 0.2) is 12.1 Å². The molecule has 0 bridgehead atoms. The highest BCUT2D eigenvalue weighted by molar-refractivity contribution is 5.56. The van der Waals surface area contributed by atoms with E-state index in [1.54, 1.807) is 21.3 Å². The monoisotopic (exact) mass is 268 g/mol. The van der Waals surface area contributed by atoms with Crippen LogP contribution in [0, 0.1) is 0 Å². The Labute approximate surface area is 115 Å². The summed E-state index contributed by atoms with van der Waals surface area (Å²) in [4.78, 5) is 0. The molecule has 5 nitrogen and oxygen atoms in total. The fourth-order valence-electron chi connectivity index (χ4n) is 2.09. The largest absolute Gasteiger partial charge is 0.493 e. The van der Waals surface area contributed by atoms with Crippen molar-refractivity contribution >= 4 is 0 Å². The molecule has 19 heavy (non-hydrogen) atoms. The van der Waals surface area contributed by atoms with E-state index in [0.29, 0.717) is 29.8 Å². The normalized spacial score (nSPS) is 12.4. The molecule has 0 aliphatic heterocycles. The lowest BCUT2D eigenvalue weighted by atomic mass is 10.0. The highest BCUT2D eigenvalue weighted by atomic mass is 16.5. The Morgan fingerprint density at radius 1 is 1.05 bits per heavy atom. The van der Waals surface area contributed by atoms with E-state index in [2.05, 4.69) is 19.2 Å². The second-order valence-electron chi connectivity index (χ2n) is 4.53. The van der Waals surface area contributed by atoms with E-state index in [-0.39, 0.29) is 6.04 Å². The molecule has 0 radical (unpaired) electrons. The quantitative estimate of drug-likeness (QED) is 0.788. The van der Waals surface area contributed by atoms with Crippen LogP contribution in [0.3, 0.4) is 0 Å². The average Bonchev–Trinajstić information content (AvgIpc) is 2.42. The minimum absolute atomic E-state index is 0.00903. The van der Waals surface area contributed by atoms with Crippen molar-refractivity contribution in [3.63, 3.8) is 0 Å². The molecule has 1 unspecified atom stereocenters. The van der Waals surface area contributed by atoms with Crippen LogP contribution >= 0.6 is 0 Å². The van der Waals surface area contributed by atoms with E-state index in [1.165, 1.54) is 0 Å². The molecule has 0 fully saturated rings. The average molecular weight is 268 g/mol. The van der Waals surface area contributed by atoms with Crippen molar-refractivity contribution in [1.82, 2.24) is 5.32 Å². The first-order valence-corrected chi connectivity index (χ1v) is 6.34. The van der Waals surface area contributed by atoms with Crippen molar-refractivity contribution in [2.75, 3.05) is 27.9 Å². The zero-order valence-corrected chi connectivity index (χ0v) is 12.3. The Kier molecular flexibility index (Phi) is 5.92. The van der Waals surface area contributed by atoms with Gasteiger partial charge in [-0.1, -0.05) is 13.8 Å². The van der Waals surface area contributed by atoms with E-state index in [1.807, 2.05) is 12.1 Å². The summed E-state index contributed by atoms with van der Waals surface area (Å²) >= 11 is 0. The molecule has 1 rings (SSSR count). The maximum absolute atomic E-state index is 5.85. The third-order valence-electron chi connectivity index (χ3n) is 2.88. The van der Waals surface area contributed by atoms with Crippen LogP contribution in [0.5, 0.6) is 17.2 Å². The van der Waals surface area contributed by atoms with E-state index < -0.39 is 0 Å². The van der Waals surface area contributed by atoms with Gasteiger partial charge in [0.15, 0.2) is 11.5 Å². The second-order valence-corrected chi connectivity index (χ2v) is 4.53. The van der Waals surface area contributed by atoms with Gasteiger partial charge >= 0.3 is 0 Å². The summed E-state index contributed by atoms with van der Waals surface area (Å²) in [5, 5.41) is 3.41. The van der Waals surface area contributed by atoms with Crippen LogP contribution in [0.4, 0.5) is 0 Å². The maximum atomic E-state index is 5.85. The molecule has 5 heteroatoms. The van der Waals surface area contributed by atoms with E-state index in [4.69, 9.17) is 19.9 Å². The number of benzene rings is 1. The topological polar surface area (TPSA) is 65.7 Å². The van der Waals surface area contributed by atoms with Crippen LogP contribution in [-0.2, 0) is 0 Å². The number of rotatable bonds is 7. The zero-order chi connectivity index (χ0) is 14.4. The van der Waals surface area contributed by atoms with Gasteiger partial charge in [-0.05, 0) is 12.1 Å². The summed E-state index contributed by atoms with van der Waals surface area (Å²) in [5.41, 5.74) is 6.82. The SMILES string of the molecule is COc1ccc(C(CN)NC(C)C)c(OC)c1OC. The number of nitrogens with two attached hydrogens (primary N) is 1. The van der Waals surface area contributed by atoms with Gasteiger partial charge in [-0.15, -0.1) is 0 Å². The summed E-state index contributed by atoms with van der Waals surface area (Å²) < 4.78 is 16.1. The first kappa shape index (κ1) is 15.6. The Balaban J connectivity index is 3.26. The lowest BCUT2D eigenvalue weighted by Crippen LogP contribution is -2.33. The number of hydrogen-bond acceptors (Lipinski definition) is 5. The van der Waals surface area contributed by atoms with Crippen molar-refractivity contribution in [1.29, 1.82) is 0 Å². The molecule has 0 spiro atoms. The van der Waals surface area contributed by atoms with Gasteiger partial charge in [0.2, 0.25) is 5.75 Å². The maximum Gasteiger partial charge on any atom is 0.203 e. The molecule has 108 valence electrons. The molecule has 0 saturated carbocycles. The predicted octanol–water partition coefficient (Wildman–Crippen LogP) is 1.71. The fraction of sp³-hybridized carbons (Fsp3) is 0.571. The van der Waals surface area contributed by atoms with Gasteiger partial charge in [-0.25, -0.2) is 0 Å². The van der Waals surface area contributed by atoms with E-state index >= 15 is 0 Å². The number of methoxy groups -OCH3 is 3. The molecule has 0 amide bonds. The van der Waals surface area contributed by atoms with Crippen molar-refractivity contribution in [2.45, 2.75) is 25.9 Å². The summed E-state index contributed by atoms with van der Waals surface area (Å²) in [6.45, 7) is 4.63. The number of ether oxygens (including phenoxy) is 3. The van der Waals surface area contributed by atoms with Crippen molar-refractivity contribution in [3.8, 4) is 17.2 Å². The minimum Gasteiger partial charge on any atom is -0.493 e. The lowest BCUT2D eigenvalue weighted by Gasteiger charge is -2.24. The first-order chi connectivity index (χ1) is 9.08. The molecule has 1 aromatic carbocycles. The van der Waals surface area contributed by atoms with Crippen LogP contribution in [-0.4, -0.2) is 33.9 Å². The molecule has 0 heterocycles. The third kappa shape index (κ3) is 3.52. The second kappa shape index (κ2) is 7.21. The molecular weight excluding hydrogens is 244 g/mol. The van der Waals surface area contributed by atoms with Crippen LogP contribution in [0.25, 0.3) is 0 Å². The number of hydrogen-bond donors (Lipinski definition) is 2. The Morgan fingerprint density at radius 3 is 2.11 bits per heavy atom. The minimum atomic E-state index is 0.00903. The van der Waals surface area contributed by atoms with Gasteiger partial charge < -0.3 is 25.3 Å². The van der Waals surface area contributed by atoms with Crippen LogP contribution in [0.1, 0.15) is 25.5 Å². The van der Waals surface area contributed by atoms with Gasteiger partial charge in [0.05, 0.1) is 21.3 Å². The molecule has 0 saturated heterocycles. The van der Waals surface area contributed by atoms with Gasteiger partial charge in [-0.2, -0.15) is 0 Å². The molecule has 0 aromatic heterocycles. The first-order valence-electron chi connectivity index (χ1n) is 6.34. The van der Waals surface area contributed by atoms with Gasteiger partial charge in [0, 0.05) is 24.2 Å². The highest BCUT2D eigenvalue weighted by Gasteiger charge is 2.21. The third-order valence-corrected chi connectivity index (χ3v) is 2.88. The standard InChI is InChI=1S/C14H24N2O3/c1-9(2)16-11(8-15)10-6-7-12(17-3)14(19-5)13(10)18-4/h6-7,9,11,16H,8,15H2,1-5H3. The Morgan fingerprint density at radius 2 is 1.68 bits per heavy atom. The van der Waals surface area contributed by atoms with E-state index in [9.17, 15) is 0 Å². The summed E-state index contributed by atoms with van der Waals surface area (Å²) in [6, 6.07) is 4.15. The van der Waals surface area contributed by atoms with Crippen LogP contribution in [0.2, 0.25) is 0 Å². The van der Waals surface area contributed by atoms with Gasteiger partial charge in [-0.3, -0.25) is 0 Å². The van der Waals surface area contributed by atoms with Gasteiger partial charge in [0.25, 0.3) is 0 Å². The summed E-state index contributed by atoms with van der Waals surface area (Å²) in [6.07, 6.45) is 0. The van der Waals surface area contributed by atoms with E-state index in [0.717, 1.165) is 5.56 Å². The lowest BCUT2D eigenvalue weighted by molar-refractivity contribution is 0.318. The van der Waals surface area contributed by atoms with Crippen LogP contribution < -0.4 is 25.3 Å². The molecule has 3 N–H and O–H groups in total. The summed E-state index contributed by atoms with van der Waals surface area (Å²) in [5.74, 6) is 1.89. The van der Waals surface area contributed by atoms with Crippen molar-refractivity contribution in [3.05, 3.63) is 17.7 Å². The molecular formula is C14H24N2O3. The van der Waals surface area contributed by atoms with Crippen molar-refractivity contribution < 1.29 is 14.2 Å². The number of nitrogens with one attached hydrogen (secondary N) is 1. The Bertz CT molecular complexity index is 408. The fourth-order valence-corrected chi connectivity index (χ4v) is 2.09. The molecule has 0 aliphatic carbocycles. The zero-order valence-electron chi connectivity index (χ0n) is 12.3. The van der Waals surface area contributed by atoms with Gasteiger partial charge in [0.1, 0.15) is 0 Å². The summed E-state index contributed by atoms with van der Waals surface area (Å²) in [7, 11) is 4.81. The smallest absolute Gasteiger partial charge is 0.203 e. The Hall–Kier alpha value is -1.46. The molecule has 0 aliphatic rings. The molecule has 1 aromatic rings.